The van der Waals surface area contributed by atoms with Gasteiger partial charge >= 0.3 is 0 Å². The molecule has 0 aliphatic carbocycles. The smallest absolute Gasteiger partial charge is 0.200 e. The molecular weight excluding hydrogens is 290 g/mol. The number of ether oxygens (including phenoxy) is 2. The van der Waals surface area contributed by atoms with Crippen molar-refractivity contribution in [1.29, 1.82) is 0 Å². The third-order valence-corrected chi connectivity index (χ3v) is 3.84. The van der Waals surface area contributed by atoms with Gasteiger partial charge in [0.05, 0.1) is 30.3 Å². The fourth-order valence-electron chi connectivity index (χ4n) is 1.80. The van der Waals surface area contributed by atoms with Gasteiger partial charge in [-0.1, -0.05) is 6.08 Å². The van der Waals surface area contributed by atoms with Crippen molar-refractivity contribution in [2.45, 2.75) is 6.92 Å². The van der Waals surface area contributed by atoms with Crippen LogP contribution in [0.15, 0.2) is 23.7 Å². The van der Waals surface area contributed by atoms with Crippen molar-refractivity contribution in [3.05, 3.63) is 39.9 Å². The van der Waals surface area contributed by atoms with E-state index in [4.69, 9.17) is 9.47 Å². The number of hydrogen-bond acceptors (Lipinski definition) is 6. The second-order valence-corrected chi connectivity index (χ2v) is 5.09. The second-order valence-electron chi connectivity index (χ2n) is 4.24. The summed E-state index contributed by atoms with van der Waals surface area (Å²) in [5.74, 6) is 0.397. The van der Waals surface area contributed by atoms with Gasteiger partial charge in [-0.3, -0.25) is 4.79 Å². The Bertz CT molecular complexity index is 666. The number of aromatic nitrogens is 1. The van der Waals surface area contributed by atoms with E-state index in [9.17, 15) is 9.90 Å². The zero-order valence-corrected chi connectivity index (χ0v) is 12.7. The Labute approximate surface area is 126 Å². The van der Waals surface area contributed by atoms with Crippen LogP contribution in [0.3, 0.4) is 0 Å². The molecule has 1 heterocycles. The van der Waals surface area contributed by atoms with Crippen LogP contribution in [0.2, 0.25) is 0 Å². The lowest BCUT2D eigenvalue weighted by Crippen LogP contribution is -1.94. The molecule has 21 heavy (non-hydrogen) atoms. The lowest BCUT2D eigenvalue weighted by atomic mass is 10.1. The minimum atomic E-state index is -0.110. The summed E-state index contributed by atoms with van der Waals surface area (Å²) in [4.78, 5) is 16.7. The van der Waals surface area contributed by atoms with Crippen molar-refractivity contribution in [2.75, 3.05) is 14.2 Å². The van der Waals surface area contributed by atoms with Gasteiger partial charge in [-0.2, -0.15) is 0 Å². The predicted octanol–water partition coefficient (Wildman–Crippen LogP) is 3.07. The Morgan fingerprint density at radius 2 is 1.90 bits per heavy atom. The monoisotopic (exact) mass is 305 g/mol. The first-order valence-electron chi connectivity index (χ1n) is 6.14. The minimum Gasteiger partial charge on any atom is -0.502 e. The summed E-state index contributed by atoms with van der Waals surface area (Å²) in [7, 11) is 2.90. The maximum absolute atomic E-state index is 12.0. The lowest BCUT2D eigenvalue weighted by Gasteiger charge is -2.09. The van der Waals surface area contributed by atoms with E-state index in [-0.39, 0.29) is 23.0 Å². The van der Waals surface area contributed by atoms with Crippen molar-refractivity contribution in [3.8, 4) is 17.2 Å². The number of carbonyl (C=O) groups excluding carboxylic acids is 1. The summed E-state index contributed by atoms with van der Waals surface area (Å²) in [5.41, 5.74) is 3.05. The van der Waals surface area contributed by atoms with E-state index in [1.165, 1.54) is 31.6 Å². The molecule has 0 saturated heterocycles. The van der Waals surface area contributed by atoms with E-state index in [0.717, 1.165) is 5.69 Å². The Morgan fingerprint density at radius 1 is 1.29 bits per heavy atom. The molecule has 0 aliphatic heterocycles. The zero-order valence-electron chi connectivity index (χ0n) is 11.9. The first kappa shape index (κ1) is 15.1. The standard InChI is InChI=1S/C15H15NO4S/c1-9-15(21-8-16-9)11(17)5-4-10-6-12(19-2)14(18)13(7-10)20-3/h4-8,18H,1-3H3/b5-4+. The molecule has 0 spiro atoms. The Hall–Kier alpha value is -2.34. The van der Waals surface area contributed by atoms with Gasteiger partial charge in [0.25, 0.3) is 0 Å². The Balaban J connectivity index is 2.29. The maximum atomic E-state index is 12.0. The van der Waals surface area contributed by atoms with E-state index >= 15 is 0 Å². The first-order chi connectivity index (χ1) is 10.1. The molecule has 2 rings (SSSR count). The number of phenolic OH excluding ortho intramolecular Hbond substituents is 1. The minimum absolute atomic E-state index is 0.0678. The number of phenols is 1. The number of aromatic hydroxyl groups is 1. The van der Waals surface area contributed by atoms with Gasteiger partial charge in [0, 0.05) is 0 Å². The molecule has 1 aromatic carbocycles. The SMILES string of the molecule is COc1cc(/C=C/C(=O)c2scnc2C)cc(OC)c1O. The van der Waals surface area contributed by atoms with Crippen LogP contribution in [-0.2, 0) is 0 Å². The fraction of sp³-hybridized carbons (Fsp3) is 0.200. The molecule has 5 nitrogen and oxygen atoms in total. The number of benzene rings is 1. The van der Waals surface area contributed by atoms with E-state index in [1.807, 2.05) is 0 Å². The number of hydrogen-bond donors (Lipinski definition) is 1. The summed E-state index contributed by atoms with van der Waals surface area (Å²) >= 11 is 1.31. The Morgan fingerprint density at radius 3 is 2.38 bits per heavy atom. The van der Waals surface area contributed by atoms with Gasteiger partial charge in [-0.15, -0.1) is 11.3 Å². The van der Waals surface area contributed by atoms with Crippen LogP contribution in [0.1, 0.15) is 20.9 Å². The average Bonchev–Trinajstić information content (AvgIpc) is 2.92. The van der Waals surface area contributed by atoms with Crippen molar-refractivity contribution in [1.82, 2.24) is 4.98 Å². The third-order valence-electron chi connectivity index (χ3n) is 2.90. The average molecular weight is 305 g/mol. The number of rotatable bonds is 5. The van der Waals surface area contributed by atoms with Crippen molar-refractivity contribution >= 4 is 23.2 Å². The van der Waals surface area contributed by atoms with Gasteiger partial charge in [0.1, 0.15) is 0 Å². The van der Waals surface area contributed by atoms with E-state index < -0.39 is 0 Å². The molecule has 0 amide bonds. The predicted molar refractivity (Wildman–Crippen MR) is 81.4 cm³/mol. The van der Waals surface area contributed by atoms with Crippen molar-refractivity contribution in [2.24, 2.45) is 0 Å². The number of carbonyl (C=O) groups is 1. The highest BCUT2D eigenvalue weighted by molar-refractivity contribution is 7.12. The molecule has 1 N–H and O–H groups in total. The van der Waals surface area contributed by atoms with Crippen LogP contribution >= 0.6 is 11.3 Å². The largest absolute Gasteiger partial charge is 0.502 e. The van der Waals surface area contributed by atoms with Crippen LogP contribution < -0.4 is 9.47 Å². The number of allylic oxidation sites excluding steroid dienone is 1. The van der Waals surface area contributed by atoms with Crippen LogP contribution in [0.5, 0.6) is 17.2 Å². The molecule has 0 bridgehead atoms. The summed E-state index contributed by atoms with van der Waals surface area (Å²) < 4.78 is 10.1. The fourth-order valence-corrected chi connectivity index (χ4v) is 2.52. The summed E-state index contributed by atoms with van der Waals surface area (Å²) in [6.45, 7) is 1.80. The van der Waals surface area contributed by atoms with Gasteiger partial charge < -0.3 is 14.6 Å². The van der Waals surface area contributed by atoms with Gasteiger partial charge in [0.15, 0.2) is 17.3 Å². The molecule has 0 unspecified atom stereocenters. The molecular formula is C15H15NO4S. The molecule has 1 aromatic heterocycles. The van der Waals surface area contributed by atoms with Crippen LogP contribution in [0, 0.1) is 6.92 Å². The van der Waals surface area contributed by atoms with Gasteiger partial charge in [0.2, 0.25) is 5.75 Å². The highest BCUT2D eigenvalue weighted by Crippen LogP contribution is 2.37. The molecule has 110 valence electrons. The van der Waals surface area contributed by atoms with E-state index in [0.29, 0.717) is 10.4 Å². The third kappa shape index (κ3) is 3.22. The number of methoxy groups -OCH3 is 2. The quantitative estimate of drug-likeness (QED) is 0.679. The molecule has 2 aromatic rings. The van der Waals surface area contributed by atoms with E-state index in [2.05, 4.69) is 4.98 Å². The molecule has 0 saturated carbocycles. The van der Waals surface area contributed by atoms with E-state index in [1.54, 1.807) is 30.6 Å². The topological polar surface area (TPSA) is 68.7 Å². The van der Waals surface area contributed by atoms with Crippen LogP contribution in [0.25, 0.3) is 6.08 Å². The number of nitrogens with zero attached hydrogens (tertiary/aromatic N) is 1. The van der Waals surface area contributed by atoms with Gasteiger partial charge in [-0.25, -0.2) is 4.98 Å². The Kier molecular flexibility index (Phi) is 4.59. The van der Waals surface area contributed by atoms with Crippen molar-refractivity contribution in [3.63, 3.8) is 0 Å². The molecule has 0 atom stereocenters. The number of thiazole rings is 1. The molecule has 6 heteroatoms. The zero-order chi connectivity index (χ0) is 15.4. The van der Waals surface area contributed by atoms with Gasteiger partial charge in [-0.05, 0) is 30.7 Å². The molecule has 0 aliphatic rings. The maximum Gasteiger partial charge on any atom is 0.200 e. The summed E-state index contributed by atoms with van der Waals surface area (Å²) in [6.07, 6.45) is 3.11. The molecule has 0 radical (unpaired) electrons. The second kappa shape index (κ2) is 6.41. The number of aryl methyl sites for hydroxylation is 1. The highest BCUT2D eigenvalue weighted by atomic mass is 32.1. The van der Waals surface area contributed by atoms with Crippen LogP contribution in [0.4, 0.5) is 0 Å². The highest BCUT2D eigenvalue weighted by Gasteiger charge is 2.11. The first-order valence-corrected chi connectivity index (χ1v) is 7.02. The van der Waals surface area contributed by atoms with Crippen LogP contribution in [-0.4, -0.2) is 30.1 Å². The normalized spacial score (nSPS) is 10.8. The number of ketones is 1. The lowest BCUT2D eigenvalue weighted by molar-refractivity contribution is 0.105. The molecule has 0 fully saturated rings. The van der Waals surface area contributed by atoms with Crippen molar-refractivity contribution < 1.29 is 19.4 Å². The summed E-state index contributed by atoms with van der Waals surface area (Å²) in [6, 6.07) is 3.25. The summed E-state index contributed by atoms with van der Waals surface area (Å²) in [5, 5.41) is 9.83.